The highest BCUT2D eigenvalue weighted by Gasteiger charge is 2.30. The summed E-state index contributed by atoms with van der Waals surface area (Å²) >= 11 is 0. The summed E-state index contributed by atoms with van der Waals surface area (Å²) in [5, 5.41) is 11.8. The molecule has 1 heterocycles. The maximum atomic E-state index is 13.8. The number of amides is 1. The summed E-state index contributed by atoms with van der Waals surface area (Å²) in [5.41, 5.74) is 0.157. The van der Waals surface area contributed by atoms with Gasteiger partial charge in [-0.15, -0.1) is 0 Å². The van der Waals surface area contributed by atoms with Crippen LogP contribution in [0.25, 0.3) is 0 Å². The summed E-state index contributed by atoms with van der Waals surface area (Å²) in [7, 11) is 1.32. The van der Waals surface area contributed by atoms with E-state index in [-0.39, 0.29) is 29.2 Å². The molecule has 1 fully saturated rings. The first-order chi connectivity index (χ1) is 10.9. The van der Waals surface area contributed by atoms with Gasteiger partial charge in [-0.1, -0.05) is 6.07 Å². The first kappa shape index (κ1) is 17.2. The van der Waals surface area contributed by atoms with Gasteiger partial charge in [-0.2, -0.15) is 0 Å². The van der Waals surface area contributed by atoms with Crippen LogP contribution in [0.15, 0.2) is 18.2 Å². The highest BCUT2D eigenvalue weighted by molar-refractivity contribution is 5.86. The molecule has 0 bridgehead atoms. The van der Waals surface area contributed by atoms with E-state index in [1.165, 1.54) is 19.2 Å². The number of carbonyl (C=O) groups excluding carboxylic acids is 1. The van der Waals surface area contributed by atoms with Gasteiger partial charge in [-0.3, -0.25) is 4.79 Å². The standard InChI is InChI=1S/C16H20FNO5/c1-9-7-11(5-6-23-9)15(19)18-14(16(20)21)10-3-4-13(22-2)12(17)8-10/h3-4,8-9,11,14H,5-7H2,1-2H3,(H,18,19)(H,20,21)/t9-,11-,14-/m0/s1. The highest BCUT2D eigenvalue weighted by atomic mass is 19.1. The maximum absolute atomic E-state index is 13.8. The maximum Gasteiger partial charge on any atom is 0.330 e. The number of halogens is 1. The Balaban J connectivity index is 2.14. The van der Waals surface area contributed by atoms with Gasteiger partial charge >= 0.3 is 5.97 Å². The molecule has 7 heteroatoms. The number of carboxylic acid groups (broad SMARTS) is 1. The molecule has 0 aliphatic carbocycles. The van der Waals surface area contributed by atoms with Gasteiger partial charge in [0.05, 0.1) is 13.2 Å². The lowest BCUT2D eigenvalue weighted by Gasteiger charge is -2.27. The van der Waals surface area contributed by atoms with Crippen LogP contribution in [-0.2, 0) is 14.3 Å². The minimum absolute atomic E-state index is 0.0162. The Hall–Kier alpha value is -2.15. The van der Waals surface area contributed by atoms with Crippen LogP contribution >= 0.6 is 0 Å². The molecule has 1 amide bonds. The predicted octanol–water partition coefficient (Wildman–Crippen LogP) is 1.89. The molecule has 1 saturated heterocycles. The number of nitrogens with one attached hydrogen (secondary N) is 1. The van der Waals surface area contributed by atoms with Crippen molar-refractivity contribution in [3.05, 3.63) is 29.6 Å². The molecule has 1 aromatic rings. The van der Waals surface area contributed by atoms with Gasteiger partial charge in [0.1, 0.15) is 0 Å². The summed E-state index contributed by atoms with van der Waals surface area (Å²) in [4.78, 5) is 23.7. The lowest BCUT2D eigenvalue weighted by Crippen LogP contribution is -2.40. The van der Waals surface area contributed by atoms with E-state index in [1.54, 1.807) is 0 Å². The molecular formula is C16H20FNO5. The average molecular weight is 325 g/mol. The lowest BCUT2D eigenvalue weighted by atomic mass is 9.94. The minimum atomic E-state index is -1.30. The van der Waals surface area contributed by atoms with Crippen molar-refractivity contribution >= 4 is 11.9 Å². The van der Waals surface area contributed by atoms with Crippen molar-refractivity contribution < 1.29 is 28.6 Å². The normalized spacial score (nSPS) is 22.2. The molecule has 6 nitrogen and oxygen atoms in total. The Bertz CT molecular complexity index is 592. The zero-order chi connectivity index (χ0) is 17.0. The second-order valence-corrected chi connectivity index (χ2v) is 5.58. The molecule has 0 spiro atoms. The number of hydrogen-bond donors (Lipinski definition) is 2. The number of rotatable bonds is 5. The molecule has 0 aromatic heterocycles. The third kappa shape index (κ3) is 4.19. The van der Waals surface area contributed by atoms with Crippen molar-refractivity contribution in [1.29, 1.82) is 0 Å². The molecule has 2 rings (SSSR count). The third-order valence-electron chi connectivity index (χ3n) is 3.90. The zero-order valence-corrected chi connectivity index (χ0v) is 13.0. The third-order valence-corrected chi connectivity index (χ3v) is 3.90. The summed E-state index contributed by atoms with van der Waals surface area (Å²) in [5.74, 6) is -2.57. The highest BCUT2D eigenvalue weighted by Crippen LogP contribution is 2.24. The fourth-order valence-corrected chi connectivity index (χ4v) is 2.65. The number of carboxylic acids is 1. The fourth-order valence-electron chi connectivity index (χ4n) is 2.65. The number of ether oxygens (including phenoxy) is 2. The van der Waals surface area contributed by atoms with E-state index < -0.39 is 17.8 Å². The molecule has 1 aliphatic rings. The number of hydrogen-bond acceptors (Lipinski definition) is 4. The molecule has 2 N–H and O–H groups in total. The number of methoxy groups -OCH3 is 1. The van der Waals surface area contributed by atoms with E-state index >= 15 is 0 Å². The van der Waals surface area contributed by atoms with Crippen LogP contribution < -0.4 is 10.1 Å². The van der Waals surface area contributed by atoms with Crippen molar-refractivity contribution in [1.82, 2.24) is 5.32 Å². The van der Waals surface area contributed by atoms with Gasteiger partial charge in [-0.05, 0) is 37.5 Å². The molecule has 1 aromatic carbocycles. The van der Waals surface area contributed by atoms with E-state index in [4.69, 9.17) is 9.47 Å². The van der Waals surface area contributed by atoms with E-state index in [2.05, 4.69) is 5.32 Å². The first-order valence-electron chi connectivity index (χ1n) is 7.40. The van der Waals surface area contributed by atoms with Crippen molar-refractivity contribution in [2.24, 2.45) is 5.92 Å². The van der Waals surface area contributed by atoms with Crippen LogP contribution in [0.2, 0.25) is 0 Å². The SMILES string of the molecule is COc1ccc([C@H](NC(=O)[C@H]2CCO[C@@H](C)C2)C(=O)O)cc1F. The molecule has 3 atom stereocenters. The largest absolute Gasteiger partial charge is 0.494 e. The molecule has 0 saturated carbocycles. The molecule has 23 heavy (non-hydrogen) atoms. The lowest BCUT2D eigenvalue weighted by molar-refractivity contribution is -0.143. The quantitative estimate of drug-likeness (QED) is 0.863. The average Bonchev–Trinajstić information content (AvgIpc) is 2.52. The number of benzene rings is 1. The van der Waals surface area contributed by atoms with Crippen LogP contribution in [-0.4, -0.2) is 36.8 Å². The number of aliphatic carboxylic acids is 1. The van der Waals surface area contributed by atoms with Crippen molar-refractivity contribution in [3.63, 3.8) is 0 Å². The van der Waals surface area contributed by atoms with Crippen LogP contribution in [0.1, 0.15) is 31.4 Å². The smallest absolute Gasteiger partial charge is 0.330 e. The Morgan fingerprint density at radius 2 is 2.22 bits per heavy atom. The predicted molar refractivity (Wildman–Crippen MR) is 79.6 cm³/mol. The molecule has 0 radical (unpaired) electrons. The Labute approximate surface area is 133 Å². The van der Waals surface area contributed by atoms with E-state index in [0.717, 1.165) is 6.07 Å². The van der Waals surface area contributed by atoms with Gasteiger partial charge in [0.2, 0.25) is 5.91 Å². The van der Waals surface area contributed by atoms with Crippen LogP contribution in [0.3, 0.4) is 0 Å². The van der Waals surface area contributed by atoms with Crippen molar-refractivity contribution in [3.8, 4) is 5.75 Å². The van der Waals surface area contributed by atoms with Gasteiger partial charge in [-0.25, -0.2) is 9.18 Å². The monoisotopic (exact) mass is 325 g/mol. The van der Waals surface area contributed by atoms with Gasteiger partial charge < -0.3 is 19.9 Å². The van der Waals surface area contributed by atoms with E-state index in [0.29, 0.717) is 19.4 Å². The fraction of sp³-hybridized carbons (Fsp3) is 0.500. The van der Waals surface area contributed by atoms with E-state index in [9.17, 15) is 19.1 Å². The topological polar surface area (TPSA) is 84.9 Å². The Morgan fingerprint density at radius 3 is 2.78 bits per heavy atom. The van der Waals surface area contributed by atoms with Crippen molar-refractivity contribution in [2.75, 3.05) is 13.7 Å². The van der Waals surface area contributed by atoms with Gasteiger partial charge in [0.25, 0.3) is 0 Å². The molecule has 0 unspecified atom stereocenters. The summed E-state index contributed by atoms with van der Waals surface area (Å²) in [6.07, 6.45) is 1.04. The summed E-state index contributed by atoms with van der Waals surface area (Å²) in [6, 6.07) is 2.52. The Kier molecular flexibility index (Phi) is 5.54. The second-order valence-electron chi connectivity index (χ2n) is 5.58. The summed E-state index contributed by atoms with van der Waals surface area (Å²) < 4.78 is 24.0. The van der Waals surface area contributed by atoms with Crippen LogP contribution in [0.5, 0.6) is 5.75 Å². The minimum Gasteiger partial charge on any atom is -0.494 e. The molecule has 126 valence electrons. The molecule has 1 aliphatic heterocycles. The van der Waals surface area contributed by atoms with Crippen molar-refractivity contribution in [2.45, 2.75) is 31.9 Å². The van der Waals surface area contributed by atoms with Crippen LogP contribution in [0.4, 0.5) is 4.39 Å². The molecular weight excluding hydrogens is 305 g/mol. The van der Waals surface area contributed by atoms with Gasteiger partial charge in [0, 0.05) is 12.5 Å². The van der Waals surface area contributed by atoms with E-state index in [1.807, 2.05) is 6.92 Å². The second kappa shape index (κ2) is 7.41. The first-order valence-corrected chi connectivity index (χ1v) is 7.40. The number of carbonyl (C=O) groups is 2. The summed E-state index contributed by atoms with van der Waals surface area (Å²) in [6.45, 7) is 2.33. The Morgan fingerprint density at radius 1 is 1.48 bits per heavy atom. The zero-order valence-electron chi connectivity index (χ0n) is 13.0. The van der Waals surface area contributed by atoms with Gasteiger partial charge in [0.15, 0.2) is 17.6 Å². The van der Waals surface area contributed by atoms with Crippen LogP contribution in [0, 0.1) is 11.7 Å².